The molecule has 2 N–H and O–H groups in total. The molecule has 0 saturated carbocycles. The van der Waals surface area contributed by atoms with Crippen LogP contribution in [0.2, 0.25) is 0 Å². The van der Waals surface area contributed by atoms with Gasteiger partial charge in [-0.1, -0.05) is 6.92 Å². The molecule has 0 bridgehead atoms. The van der Waals surface area contributed by atoms with Crippen molar-refractivity contribution in [3.05, 3.63) is 34.4 Å². The number of aliphatic hydroxyl groups excluding tert-OH is 1. The minimum atomic E-state index is -0.487. The molecule has 1 amide bonds. The van der Waals surface area contributed by atoms with E-state index in [0.29, 0.717) is 25.2 Å². The first kappa shape index (κ1) is 16.1. The van der Waals surface area contributed by atoms with E-state index in [4.69, 9.17) is 5.11 Å². The zero-order valence-electron chi connectivity index (χ0n) is 11.4. The summed E-state index contributed by atoms with van der Waals surface area (Å²) in [5.74, 6) is -0.182. The van der Waals surface area contributed by atoms with Gasteiger partial charge in [0.15, 0.2) is 0 Å². The van der Waals surface area contributed by atoms with Gasteiger partial charge in [-0.3, -0.25) is 19.8 Å². The number of hydrogen-bond acceptors (Lipinski definition) is 5. The number of aliphatic hydroxyl groups is 1. The summed E-state index contributed by atoms with van der Waals surface area (Å²) in [6, 6.07) is 5.69. The van der Waals surface area contributed by atoms with E-state index in [-0.39, 0.29) is 24.7 Å². The van der Waals surface area contributed by atoms with Gasteiger partial charge in [-0.15, -0.1) is 0 Å². The molecule has 0 aliphatic heterocycles. The van der Waals surface area contributed by atoms with Crippen LogP contribution < -0.4 is 5.32 Å². The number of nitrogens with one attached hydrogen (secondary N) is 1. The third kappa shape index (κ3) is 5.33. The fraction of sp³-hybridized carbons (Fsp3) is 0.462. The highest BCUT2D eigenvalue weighted by molar-refractivity contribution is 5.92. The molecule has 0 aliphatic carbocycles. The number of amides is 1. The third-order valence-corrected chi connectivity index (χ3v) is 2.81. The molecule has 0 saturated heterocycles. The number of likely N-dealkylation sites (N-methyl/N-ethyl adjacent to an activating group) is 1. The molecule has 7 nitrogen and oxygen atoms in total. The van der Waals surface area contributed by atoms with Crippen LogP contribution in [0.25, 0.3) is 0 Å². The highest BCUT2D eigenvalue weighted by Crippen LogP contribution is 2.15. The maximum Gasteiger partial charge on any atom is 0.269 e. The molecule has 0 radical (unpaired) electrons. The highest BCUT2D eigenvalue weighted by atomic mass is 16.6. The normalized spacial score (nSPS) is 10.6. The van der Waals surface area contributed by atoms with Crippen molar-refractivity contribution in [3.8, 4) is 0 Å². The summed E-state index contributed by atoms with van der Waals surface area (Å²) in [6.45, 7) is 3.64. The molecule has 0 unspecified atom stereocenters. The highest BCUT2D eigenvalue weighted by Gasteiger charge is 2.10. The van der Waals surface area contributed by atoms with Crippen molar-refractivity contribution in [2.24, 2.45) is 0 Å². The Labute approximate surface area is 117 Å². The number of carbonyl (C=O) groups excluding carboxylic acids is 1. The lowest BCUT2D eigenvalue weighted by Gasteiger charge is -2.19. The number of rotatable bonds is 8. The largest absolute Gasteiger partial charge is 0.396 e. The van der Waals surface area contributed by atoms with Crippen molar-refractivity contribution in [2.45, 2.75) is 13.3 Å². The maximum atomic E-state index is 11.8. The Balaban J connectivity index is 2.50. The molecule has 0 heterocycles. The van der Waals surface area contributed by atoms with Gasteiger partial charge < -0.3 is 10.4 Å². The maximum absolute atomic E-state index is 11.8. The van der Waals surface area contributed by atoms with Gasteiger partial charge >= 0.3 is 0 Å². The quantitative estimate of drug-likeness (QED) is 0.552. The summed E-state index contributed by atoms with van der Waals surface area (Å²) in [5, 5.41) is 22.0. The van der Waals surface area contributed by atoms with Gasteiger partial charge in [-0.2, -0.15) is 0 Å². The second kappa shape index (κ2) is 8.23. The number of nitro groups is 1. The number of non-ortho nitro benzene ring substituents is 1. The summed E-state index contributed by atoms with van der Waals surface area (Å²) in [4.78, 5) is 23.8. The van der Waals surface area contributed by atoms with E-state index in [1.807, 2.05) is 11.8 Å². The van der Waals surface area contributed by atoms with Crippen LogP contribution in [0.15, 0.2) is 24.3 Å². The number of nitro benzene ring substituents is 1. The Hall–Kier alpha value is -1.99. The summed E-state index contributed by atoms with van der Waals surface area (Å²) < 4.78 is 0. The van der Waals surface area contributed by atoms with Crippen LogP contribution in [0.5, 0.6) is 0 Å². The first-order valence-electron chi connectivity index (χ1n) is 6.44. The Kier molecular flexibility index (Phi) is 6.61. The molecule has 20 heavy (non-hydrogen) atoms. The van der Waals surface area contributed by atoms with Crippen LogP contribution in [-0.4, -0.2) is 47.1 Å². The summed E-state index contributed by atoms with van der Waals surface area (Å²) in [6.07, 6.45) is 0.624. The second-order valence-electron chi connectivity index (χ2n) is 4.30. The smallest absolute Gasteiger partial charge is 0.269 e. The van der Waals surface area contributed by atoms with Crippen molar-refractivity contribution in [1.82, 2.24) is 4.90 Å². The Morgan fingerprint density at radius 3 is 2.55 bits per heavy atom. The fourth-order valence-corrected chi connectivity index (χ4v) is 1.71. The third-order valence-electron chi connectivity index (χ3n) is 2.81. The second-order valence-corrected chi connectivity index (χ2v) is 4.30. The van der Waals surface area contributed by atoms with Gasteiger partial charge in [0.1, 0.15) is 0 Å². The molecule has 0 spiro atoms. The first-order valence-corrected chi connectivity index (χ1v) is 6.44. The van der Waals surface area contributed by atoms with E-state index in [2.05, 4.69) is 5.32 Å². The molecule has 7 heteroatoms. The van der Waals surface area contributed by atoms with E-state index in [1.165, 1.54) is 24.3 Å². The topological polar surface area (TPSA) is 95.7 Å². The minimum absolute atomic E-state index is 0.0128. The summed E-state index contributed by atoms with van der Waals surface area (Å²) in [5.41, 5.74) is 0.514. The van der Waals surface area contributed by atoms with Crippen LogP contribution in [0.3, 0.4) is 0 Å². The Morgan fingerprint density at radius 2 is 2.05 bits per heavy atom. The number of carbonyl (C=O) groups is 1. The summed E-state index contributed by atoms with van der Waals surface area (Å²) >= 11 is 0. The van der Waals surface area contributed by atoms with Gasteiger partial charge in [-0.05, 0) is 25.1 Å². The monoisotopic (exact) mass is 281 g/mol. The standard InChI is InChI=1S/C13H19N3O4/c1-2-15(8-3-9-17)10-13(18)14-11-4-6-12(7-5-11)16(19)20/h4-7,17H,2-3,8-10H2,1H3,(H,14,18). The van der Waals surface area contributed by atoms with Crippen molar-refractivity contribution >= 4 is 17.3 Å². The lowest BCUT2D eigenvalue weighted by Crippen LogP contribution is -2.34. The van der Waals surface area contributed by atoms with Gasteiger partial charge in [0.25, 0.3) is 5.69 Å². The van der Waals surface area contributed by atoms with Crippen LogP contribution in [0.4, 0.5) is 11.4 Å². The van der Waals surface area contributed by atoms with E-state index in [0.717, 1.165) is 0 Å². The zero-order chi connectivity index (χ0) is 15.0. The number of hydrogen-bond donors (Lipinski definition) is 2. The van der Waals surface area contributed by atoms with E-state index < -0.39 is 4.92 Å². The lowest BCUT2D eigenvalue weighted by molar-refractivity contribution is -0.384. The van der Waals surface area contributed by atoms with Crippen LogP contribution in [-0.2, 0) is 4.79 Å². The molecule has 1 aromatic rings. The van der Waals surface area contributed by atoms with E-state index in [9.17, 15) is 14.9 Å². The predicted molar refractivity (Wildman–Crippen MR) is 75.5 cm³/mol. The van der Waals surface area contributed by atoms with Crippen LogP contribution >= 0.6 is 0 Å². The number of anilines is 1. The average Bonchev–Trinajstić information content (AvgIpc) is 2.43. The molecule has 1 aromatic carbocycles. The molecule has 0 fully saturated rings. The molecule has 0 aromatic heterocycles. The fourth-order valence-electron chi connectivity index (χ4n) is 1.71. The zero-order valence-corrected chi connectivity index (χ0v) is 11.4. The molecular formula is C13H19N3O4. The molecule has 110 valence electrons. The van der Waals surface area contributed by atoms with Crippen LogP contribution in [0.1, 0.15) is 13.3 Å². The van der Waals surface area contributed by atoms with Gasteiger partial charge in [-0.25, -0.2) is 0 Å². The van der Waals surface area contributed by atoms with E-state index >= 15 is 0 Å². The summed E-state index contributed by atoms with van der Waals surface area (Å²) in [7, 11) is 0. The number of benzene rings is 1. The van der Waals surface area contributed by atoms with E-state index in [1.54, 1.807) is 0 Å². The molecule has 0 aliphatic rings. The van der Waals surface area contributed by atoms with Gasteiger partial charge in [0, 0.05) is 31.0 Å². The SMILES string of the molecule is CCN(CCCO)CC(=O)Nc1ccc([N+](=O)[O-])cc1. The molecule has 1 rings (SSSR count). The Bertz CT molecular complexity index is 447. The van der Waals surface area contributed by atoms with Crippen molar-refractivity contribution in [1.29, 1.82) is 0 Å². The minimum Gasteiger partial charge on any atom is -0.396 e. The molecule has 0 atom stereocenters. The first-order chi connectivity index (χ1) is 9.56. The van der Waals surface area contributed by atoms with Gasteiger partial charge in [0.2, 0.25) is 5.91 Å². The molecular weight excluding hydrogens is 262 g/mol. The van der Waals surface area contributed by atoms with Crippen molar-refractivity contribution in [3.63, 3.8) is 0 Å². The lowest BCUT2D eigenvalue weighted by atomic mass is 10.3. The predicted octanol–water partition coefficient (Wildman–Crippen LogP) is 1.24. The van der Waals surface area contributed by atoms with Gasteiger partial charge in [0.05, 0.1) is 11.5 Å². The number of nitrogens with zero attached hydrogens (tertiary/aromatic N) is 2. The average molecular weight is 281 g/mol. The van der Waals surface area contributed by atoms with Crippen LogP contribution in [0, 0.1) is 10.1 Å². The van der Waals surface area contributed by atoms with Crippen molar-refractivity contribution < 1.29 is 14.8 Å². The van der Waals surface area contributed by atoms with Crippen molar-refractivity contribution in [2.75, 3.05) is 31.6 Å². The Morgan fingerprint density at radius 1 is 1.40 bits per heavy atom.